The lowest BCUT2D eigenvalue weighted by Crippen LogP contribution is -2.44. The van der Waals surface area contributed by atoms with E-state index >= 15 is 0 Å². The van der Waals surface area contributed by atoms with Crippen LogP contribution in [-0.4, -0.2) is 37.5 Å². The van der Waals surface area contributed by atoms with Crippen LogP contribution in [0.3, 0.4) is 0 Å². The van der Waals surface area contributed by atoms with Crippen molar-refractivity contribution >= 4 is 0 Å². The second kappa shape index (κ2) is 5.69. The Labute approximate surface area is 86.8 Å². The summed E-state index contributed by atoms with van der Waals surface area (Å²) in [6, 6.07) is 0. The highest BCUT2D eigenvalue weighted by Gasteiger charge is 2.31. The van der Waals surface area contributed by atoms with E-state index in [0.717, 1.165) is 39.0 Å². The van der Waals surface area contributed by atoms with Crippen LogP contribution < -0.4 is 5.32 Å². The molecule has 0 saturated carbocycles. The van der Waals surface area contributed by atoms with Crippen molar-refractivity contribution in [3.63, 3.8) is 0 Å². The van der Waals surface area contributed by atoms with E-state index in [-0.39, 0.29) is 0 Å². The monoisotopic (exact) mass is 201 g/mol. The second-order valence-electron chi connectivity index (χ2n) is 4.50. The number of ether oxygens (including phenoxy) is 1. The van der Waals surface area contributed by atoms with Gasteiger partial charge in [-0.2, -0.15) is 0 Å². The lowest BCUT2D eigenvalue weighted by atomic mass is 9.81. The summed E-state index contributed by atoms with van der Waals surface area (Å²) in [6.07, 6.45) is 4.12. The van der Waals surface area contributed by atoms with Crippen molar-refractivity contribution in [1.82, 2.24) is 5.32 Å². The van der Waals surface area contributed by atoms with E-state index < -0.39 is 5.60 Å². The predicted octanol–water partition coefficient (Wildman–Crippen LogP) is 1.16. The second-order valence-corrected chi connectivity index (χ2v) is 4.50. The number of hydrogen-bond acceptors (Lipinski definition) is 3. The number of hydrogen-bond donors (Lipinski definition) is 2. The molecule has 0 bridgehead atoms. The largest absolute Gasteiger partial charge is 0.390 e. The van der Waals surface area contributed by atoms with Crippen LogP contribution in [0.25, 0.3) is 0 Å². The summed E-state index contributed by atoms with van der Waals surface area (Å²) in [5.41, 5.74) is -0.522. The fourth-order valence-corrected chi connectivity index (χ4v) is 2.16. The quantitative estimate of drug-likeness (QED) is 0.656. The Morgan fingerprint density at radius 3 is 2.93 bits per heavy atom. The van der Waals surface area contributed by atoms with E-state index in [0.29, 0.717) is 5.92 Å². The molecule has 84 valence electrons. The third-order valence-corrected chi connectivity index (χ3v) is 3.21. The molecule has 1 fully saturated rings. The lowest BCUT2D eigenvalue weighted by molar-refractivity contribution is -0.0236. The maximum absolute atomic E-state index is 10.3. The molecule has 2 atom stereocenters. The molecule has 0 aromatic heterocycles. The summed E-state index contributed by atoms with van der Waals surface area (Å²) in [6.45, 7) is 4.77. The van der Waals surface area contributed by atoms with Gasteiger partial charge in [0.1, 0.15) is 0 Å². The smallest absolute Gasteiger partial charge is 0.0660 e. The summed E-state index contributed by atoms with van der Waals surface area (Å²) in [7, 11) is 1.71. The van der Waals surface area contributed by atoms with Gasteiger partial charge in [0.2, 0.25) is 0 Å². The standard InChI is InChI=1S/C11H23NO2/c1-11(13,6-4-8-14-2)10-5-3-7-12-9-10/h10,12-13H,3-9H2,1-2H3. The van der Waals surface area contributed by atoms with Gasteiger partial charge in [-0.1, -0.05) is 0 Å². The van der Waals surface area contributed by atoms with E-state index in [1.54, 1.807) is 7.11 Å². The molecule has 3 heteroatoms. The van der Waals surface area contributed by atoms with Crippen molar-refractivity contribution in [2.75, 3.05) is 26.8 Å². The van der Waals surface area contributed by atoms with Gasteiger partial charge < -0.3 is 15.2 Å². The molecule has 0 aromatic carbocycles. The van der Waals surface area contributed by atoms with Crippen LogP contribution >= 0.6 is 0 Å². The number of nitrogens with one attached hydrogen (secondary N) is 1. The molecule has 1 aliphatic rings. The number of methoxy groups -OCH3 is 1. The van der Waals surface area contributed by atoms with Gasteiger partial charge in [0, 0.05) is 20.3 Å². The van der Waals surface area contributed by atoms with E-state index in [9.17, 15) is 5.11 Å². The van der Waals surface area contributed by atoms with Gasteiger partial charge in [-0.25, -0.2) is 0 Å². The van der Waals surface area contributed by atoms with E-state index in [2.05, 4.69) is 5.32 Å². The zero-order valence-corrected chi connectivity index (χ0v) is 9.38. The first-order valence-corrected chi connectivity index (χ1v) is 5.59. The van der Waals surface area contributed by atoms with Crippen molar-refractivity contribution < 1.29 is 9.84 Å². The first kappa shape index (κ1) is 12.0. The van der Waals surface area contributed by atoms with Gasteiger partial charge in [-0.15, -0.1) is 0 Å². The summed E-state index contributed by atoms with van der Waals surface area (Å²) in [4.78, 5) is 0. The highest BCUT2D eigenvalue weighted by molar-refractivity contribution is 4.85. The van der Waals surface area contributed by atoms with Crippen LogP contribution in [0.5, 0.6) is 0 Å². The molecule has 14 heavy (non-hydrogen) atoms. The van der Waals surface area contributed by atoms with Gasteiger partial charge in [0.15, 0.2) is 0 Å². The van der Waals surface area contributed by atoms with Crippen molar-refractivity contribution in [3.8, 4) is 0 Å². The minimum Gasteiger partial charge on any atom is -0.390 e. The average Bonchev–Trinajstić information content (AvgIpc) is 2.19. The highest BCUT2D eigenvalue weighted by Crippen LogP contribution is 2.27. The molecule has 1 saturated heterocycles. The van der Waals surface area contributed by atoms with Crippen molar-refractivity contribution in [2.24, 2.45) is 5.92 Å². The van der Waals surface area contributed by atoms with Crippen LogP contribution in [0.15, 0.2) is 0 Å². The third kappa shape index (κ3) is 3.56. The fourth-order valence-electron chi connectivity index (χ4n) is 2.16. The molecule has 1 heterocycles. The van der Waals surface area contributed by atoms with Gasteiger partial charge in [-0.05, 0) is 45.1 Å². The topological polar surface area (TPSA) is 41.5 Å². The highest BCUT2D eigenvalue weighted by atomic mass is 16.5. The maximum atomic E-state index is 10.3. The molecule has 0 aromatic rings. The molecule has 2 unspecified atom stereocenters. The predicted molar refractivity (Wildman–Crippen MR) is 57.3 cm³/mol. The summed E-state index contributed by atoms with van der Waals surface area (Å²) >= 11 is 0. The zero-order valence-electron chi connectivity index (χ0n) is 9.38. The third-order valence-electron chi connectivity index (χ3n) is 3.21. The summed E-state index contributed by atoms with van der Waals surface area (Å²) in [5, 5.41) is 13.6. The molecular weight excluding hydrogens is 178 g/mol. The Morgan fingerprint density at radius 1 is 1.57 bits per heavy atom. The fraction of sp³-hybridized carbons (Fsp3) is 1.00. The molecule has 0 aliphatic carbocycles. The normalized spacial score (nSPS) is 27.2. The number of piperidine rings is 1. The number of aliphatic hydroxyl groups is 1. The first-order chi connectivity index (χ1) is 6.67. The molecular formula is C11H23NO2. The zero-order chi connectivity index (χ0) is 10.4. The number of rotatable bonds is 5. The van der Waals surface area contributed by atoms with Gasteiger partial charge in [-0.3, -0.25) is 0 Å². The van der Waals surface area contributed by atoms with Gasteiger partial charge >= 0.3 is 0 Å². The Hall–Kier alpha value is -0.120. The van der Waals surface area contributed by atoms with Crippen molar-refractivity contribution in [1.29, 1.82) is 0 Å². The molecule has 3 nitrogen and oxygen atoms in total. The average molecular weight is 201 g/mol. The molecule has 0 spiro atoms. The molecule has 0 amide bonds. The molecule has 2 N–H and O–H groups in total. The van der Waals surface area contributed by atoms with Crippen LogP contribution in [0.1, 0.15) is 32.6 Å². The van der Waals surface area contributed by atoms with Crippen LogP contribution in [0.2, 0.25) is 0 Å². The van der Waals surface area contributed by atoms with E-state index in [1.807, 2.05) is 6.92 Å². The van der Waals surface area contributed by atoms with Crippen molar-refractivity contribution in [3.05, 3.63) is 0 Å². The molecule has 1 rings (SSSR count). The van der Waals surface area contributed by atoms with Gasteiger partial charge in [0.25, 0.3) is 0 Å². The van der Waals surface area contributed by atoms with E-state index in [4.69, 9.17) is 4.74 Å². The van der Waals surface area contributed by atoms with Crippen LogP contribution in [0.4, 0.5) is 0 Å². The summed E-state index contributed by atoms with van der Waals surface area (Å²) in [5.74, 6) is 0.410. The van der Waals surface area contributed by atoms with Crippen LogP contribution in [0, 0.1) is 5.92 Å². The minimum absolute atomic E-state index is 0.410. The Morgan fingerprint density at radius 2 is 2.36 bits per heavy atom. The van der Waals surface area contributed by atoms with E-state index in [1.165, 1.54) is 6.42 Å². The summed E-state index contributed by atoms with van der Waals surface area (Å²) < 4.78 is 5.00. The Bertz CT molecular complexity index is 153. The van der Waals surface area contributed by atoms with Gasteiger partial charge in [0.05, 0.1) is 5.60 Å². The Kier molecular flexibility index (Phi) is 4.85. The molecule has 0 radical (unpaired) electrons. The Balaban J connectivity index is 2.29. The SMILES string of the molecule is COCCCC(C)(O)C1CCCNC1. The first-order valence-electron chi connectivity index (χ1n) is 5.59. The maximum Gasteiger partial charge on any atom is 0.0660 e. The van der Waals surface area contributed by atoms with Crippen LogP contribution in [-0.2, 0) is 4.74 Å². The van der Waals surface area contributed by atoms with Crippen molar-refractivity contribution in [2.45, 2.75) is 38.2 Å². The lowest BCUT2D eigenvalue weighted by Gasteiger charge is -2.36. The molecule has 1 aliphatic heterocycles. The minimum atomic E-state index is -0.522.